The Bertz CT molecular complexity index is 657. The van der Waals surface area contributed by atoms with Crippen molar-refractivity contribution in [3.63, 3.8) is 0 Å². The average molecular weight is 408 g/mol. The summed E-state index contributed by atoms with van der Waals surface area (Å²) in [5, 5.41) is 1.55. The van der Waals surface area contributed by atoms with Crippen LogP contribution in [-0.4, -0.2) is 54.5 Å². The fraction of sp³-hybridized carbons (Fsp3) is 0.636. The fourth-order valence-corrected chi connectivity index (χ4v) is 3.38. The van der Waals surface area contributed by atoms with Crippen LogP contribution in [0.4, 0.5) is 0 Å². The van der Waals surface area contributed by atoms with Crippen molar-refractivity contribution in [1.82, 2.24) is 5.06 Å². The summed E-state index contributed by atoms with van der Waals surface area (Å²) in [6, 6.07) is 9.55. The van der Waals surface area contributed by atoms with Crippen LogP contribution in [0, 0.1) is 5.92 Å². The van der Waals surface area contributed by atoms with E-state index in [9.17, 15) is 9.59 Å². The zero-order valence-electron chi connectivity index (χ0n) is 18.1. The van der Waals surface area contributed by atoms with Crippen LogP contribution in [0.2, 0.25) is 0 Å². The topological polar surface area (TPSA) is 74.3 Å². The van der Waals surface area contributed by atoms with Gasteiger partial charge >= 0.3 is 11.9 Å². The molecule has 0 unspecified atom stereocenters. The second kappa shape index (κ2) is 10.7. The van der Waals surface area contributed by atoms with Gasteiger partial charge in [-0.3, -0.25) is 14.4 Å². The molecule has 2 rings (SSSR count). The molecule has 162 valence electrons. The van der Waals surface area contributed by atoms with Gasteiger partial charge in [0.2, 0.25) is 0 Å². The van der Waals surface area contributed by atoms with Crippen LogP contribution in [0.3, 0.4) is 0 Å². The van der Waals surface area contributed by atoms with Crippen molar-refractivity contribution in [1.29, 1.82) is 0 Å². The molecule has 0 spiro atoms. The number of ether oxygens (including phenoxy) is 3. The lowest BCUT2D eigenvalue weighted by atomic mass is 9.93. The van der Waals surface area contributed by atoms with Gasteiger partial charge in [0, 0.05) is 6.61 Å². The third kappa shape index (κ3) is 7.42. The van der Waals surface area contributed by atoms with Gasteiger partial charge in [-0.1, -0.05) is 30.3 Å². The number of nitrogens with zero attached hydrogens (tertiary/aromatic N) is 1. The zero-order chi connectivity index (χ0) is 21.4. The van der Waals surface area contributed by atoms with Gasteiger partial charge in [0.1, 0.15) is 18.1 Å². The van der Waals surface area contributed by atoms with Crippen LogP contribution < -0.4 is 0 Å². The van der Waals surface area contributed by atoms with Gasteiger partial charge < -0.3 is 14.2 Å². The Kier molecular flexibility index (Phi) is 8.61. The normalized spacial score (nSPS) is 22.4. The first-order valence-corrected chi connectivity index (χ1v) is 10.1. The van der Waals surface area contributed by atoms with Crippen molar-refractivity contribution < 1.29 is 28.6 Å². The number of benzene rings is 1. The summed E-state index contributed by atoms with van der Waals surface area (Å²) in [5.74, 6) is -1.21. The molecule has 0 N–H and O–H groups in total. The van der Waals surface area contributed by atoms with Crippen molar-refractivity contribution in [3.8, 4) is 0 Å². The minimum absolute atomic E-state index is 0.0547. The van der Waals surface area contributed by atoms with Gasteiger partial charge in [-0.05, 0) is 46.6 Å². The minimum Gasteiger partial charge on any atom is -0.466 e. The summed E-state index contributed by atoms with van der Waals surface area (Å²) in [5.41, 5.74) is 0.494. The van der Waals surface area contributed by atoms with Gasteiger partial charge in [-0.15, -0.1) is 0 Å². The first-order chi connectivity index (χ1) is 13.7. The Morgan fingerprint density at radius 1 is 1.17 bits per heavy atom. The lowest BCUT2D eigenvalue weighted by Crippen LogP contribution is -2.41. The molecule has 0 saturated carbocycles. The highest BCUT2D eigenvalue weighted by Crippen LogP contribution is 2.31. The molecule has 1 aromatic carbocycles. The molecule has 0 aliphatic carbocycles. The lowest BCUT2D eigenvalue weighted by molar-refractivity contribution is -0.187. The van der Waals surface area contributed by atoms with Gasteiger partial charge in [-0.2, -0.15) is 5.06 Å². The monoisotopic (exact) mass is 407 g/mol. The van der Waals surface area contributed by atoms with Crippen molar-refractivity contribution in [2.24, 2.45) is 5.92 Å². The Hall–Kier alpha value is -1.96. The number of carbonyl (C=O) groups excluding carboxylic acids is 2. The van der Waals surface area contributed by atoms with Gasteiger partial charge in [0.05, 0.1) is 25.4 Å². The van der Waals surface area contributed by atoms with E-state index in [2.05, 4.69) is 0 Å². The highest BCUT2D eigenvalue weighted by Gasteiger charge is 2.46. The molecule has 1 aliphatic heterocycles. The average Bonchev–Trinajstić information content (AvgIpc) is 2.93. The van der Waals surface area contributed by atoms with E-state index in [0.29, 0.717) is 26.2 Å². The number of hydrogen-bond acceptors (Lipinski definition) is 7. The van der Waals surface area contributed by atoms with E-state index in [1.165, 1.54) is 0 Å². The maximum Gasteiger partial charge on any atom is 0.323 e. The highest BCUT2D eigenvalue weighted by atomic mass is 16.7. The lowest BCUT2D eigenvalue weighted by Gasteiger charge is -2.26. The summed E-state index contributed by atoms with van der Waals surface area (Å²) in [4.78, 5) is 30.6. The zero-order valence-corrected chi connectivity index (χ0v) is 18.1. The Morgan fingerprint density at radius 3 is 2.48 bits per heavy atom. The van der Waals surface area contributed by atoms with Crippen LogP contribution in [0.15, 0.2) is 30.3 Å². The number of hydroxylamine groups is 2. The molecule has 1 aliphatic rings. The largest absolute Gasteiger partial charge is 0.466 e. The molecule has 1 saturated heterocycles. The van der Waals surface area contributed by atoms with Crippen LogP contribution in [0.1, 0.15) is 46.6 Å². The Morgan fingerprint density at radius 2 is 1.86 bits per heavy atom. The van der Waals surface area contributed by atoms with Crippen molar-refractivity contribution in [2.75, 3.05) is 19.8 Å². The minimum atomic E-state index is -0.586. The summed E-state index contributed by atoms with van der Waals surface area (Å²) in [7, 11) is 0. The van der Waals surface area contributed by atoms with Crippen LogP contribution in [0.5, 0.6) is 0 Å². The molecule has 7 heteroatoms. The molecule has 7 nitrogen and oxygen atoms in total. The van der Waals surface area contributed by atoms with Gasteiger partial charge in [0.15, 0.2) is 0 Å². The molecular formula is C22H33NO6. The molecule has 1 aromatic rings. The molecule has 3 atom stereocenters. The quantitative estimate of drug-likeness (QED) is 0.460. The predicted molar refractivity (Wildman–Crippen MR) is 108 cm³/mol. The van der Waals surface area contributed by atoms with Gasteiger partial charge in [0.25, 0.3) is 0 Å². The third-order valence-electron chi connectivity index (χ3n) is 4.53. The number of rotatable bonds is 9. The van der Waals surface area contributed by atoms with Crippen LogP contribution in [0.25, 0.3) is 0 Å². The maximum absolute atomic E-state index is 12.5. The highest BCUT2D eigenvalue weighted by molar-refractivity contribution is 5.75. The van der Waals surface area contributed by atoms with E-state index in [-0.39, 0.29) is 18.6 Å². The van der Waals surface area contributed by atoms with E-state index in [0.717, 1.165) is 5.56 Å². The number of carbonyl (C=O) groups is 2. The standard InChI is InChI=1S/C22H33NO6/c1-6-27-21(25)20-16(2)29-23(14-19(24)28-22(3,4)5)18(20)12-13-26-15-17-10-8-7-9-11-17/h7-11,16,18,20H,6,12-15H2,1-5H3/t16-,18+,20-/m0/s1. The first-order valence-electron chi connectivity index (χ1n) is 10.1. The van der Waals surface area contributed by atoms with E-state index >= 15 is 0 Å². The second-order valence-corrected chi connectivity index (χ2v) is 8.14. The van der Waals surface area contributed by atoms with E-state index in [4.69, 9.17) is 19.0 Å². The molecule has 1 fully saturated rings. The number of esters is 2. The van der Waals surface area contributed by atoms with Gasteiger partial charge in [-0.25, -0.2) is 0 Å². The molecule has 0 amide bonds. The SMILES string of the molecule is CCOC(=O)[C@H]1[C@H](C)ON(CC(=O)OC(C)(C)C)[C@@H]1CCOCc1ccccc1. The van der Waals surface area contributed by atoms with E-state index in [1.54, 1.807) is 12.0 Å². The maximum atomic E-state index is 12.5. The smallest absolute Gasteiger partial charge is 0.323 e. The van der Waals surface area contributed by atoms with Crippen LogP contribution in [-0.2, 0) is 35.2 Å². The molecule has 1 heterocycles. The third-order valence-corrected chi connectivity index (χ3v) is 4.53. The Balaban J connectivity index is 2.00. The molecular weight excluding hydrogens is 374 g/mol. The summed E-state index contributed by atoms with van der Waals surface area (Å²) >= 11 is 0. The molecule has 0 radical (unpaired) electrons. The predicted octanol–water partition coefficient (Wildman–Crippen LogP) is 3.12. The van der Waals surface area contributed by atoms with Crippen LogP contribution >= 0.6 is 0 Å². The van der Waals surface area contributed by atoms with Crippen molar-refractivity contribution in [3.05, 3.63) is 35.9 Å². The fourth-order valence-electron chi connectivity index (χ4n) is 3.38. The summed E-state index contributed by atoms with van der Waals surface area (Å²) < 4.78 is 16.4. The van der Waals surface area contributed by atoms with E-state index < -0.39 is 23.6 Å². The van der Waals surface area contributed by atoms with E-state index in [1.807, 2.05) is 58.0 Å². The molecule has 29 heavy (non-hydrogen) atoms. The Labute approximate surface area is 173 Å². The summed E-state index contributed by atoms with van der Waals surface area (Å²) in [6.45, 7) is 10.2. The first kappa shape index (κ1) is 23.3. The van der Waals surface area contributed by atoms with Crippen molar-refractivity contribution in [2.45, 2.75) is 65.4 Å². The molecule has 0 aromatic heterocycles. The molecule has 0 bridgehead atoms. The second-order valence-electron chi connectivity index (χ2n) is 8.14. The number of hydrogen-bond donors (Lipinski definition) is 0. The summed E-state index contributed by atoms with van der Waals surface area (Å²) in [6.07, 6.45) is 0.138. The van der Waals surface area contributed by atoms with Crippen molar-refractivity contribution >= 4 is 11.9 Å².